The van der Waals surface area contributed by atoms with Crippen molar-refractivity contribution >= 4 is 22.8 Å². The van der Waals surface area contributed by atoms with Crippen LogP contribution < -0.4 is 10.1 Å². The molecule has 2 amide bonds. The zero-order chi connectivity index (χ0) is 24.2. The standard InChI is InChI=1S/C28H34N4O3/c1-31-24-7-3-2-6-23(24)30-26(31)10-13-29-27(33)18-20-11-14-32(15-12-20)28(34)19-21-8-9-25-22(17-21)5-4-16-35-25/h2-3,6-9,17,20H,4-5,10-16,18-19H2,1H3,(H,29,33). The number of amides is 2. The quantitative estimate of drug-likeness (QED) is 0.569. The number of carbonyl (C=O) groups excluding carboxylic acids is 2. The molecule has 0 aliphatic carbocycles. The highest BCUT2D eigenvalue weighted by molar-refractivity contribution is 5.79. The number of rotatable bonds is 7. The van der Waals surface area contributed by atoms with Crippen molar-refractivity contribution in [2.75, 3.05) is 26.2 Å². The highest BCUT2D eigenvalue weighted by Gasteiger charge is 2.25. The van der Waals surface area contributed by atoms with Crippen molar-refractivity contribution in [1.29, 1.82) is 0 Å². The Hall–Kier alpha value is -3.35. The average Bonchev–Trinajstić information content (AvgIpc) is 3.20. The summed E-state index contributed by atoms with van der Waals surface area (Å²) in [6, 6.07) is 14.2. The van der Waals surface area contributed by atoms with Gasteiger partial charge in [-0.2, -0.15) is 0 Å². The summed E-state index contributed by atoms with van der Waals surface area (Å²) in [7, 11) is 2.02. The number of hydrogen-bond donors (Lipinski definition) is 1. The van der Waals surface area contributed by atoms with E-state index in [4.69, 9.17) is 4.74 Å². The van der Waals surface area contributed by atoms with E-state index < -0.39 is 0 Å². The predicted octanol–water partition coefficient (Wildman–Crippen LogP) is 3.43. The van der Waals surface area contributed by atoms with Crippen molar-refractivity contribution in [3.63, 3.8) is 0 Å². The monoisotopic (exact) mass is 474 g/mol. The molecular weight excluding hydrogens is 440 g/mol. The molecule has 1 N–H and O–H groups in total. The van der Waals surface area contributed by atoms with Gasteiger partial charge in [0.05, 0.1) is 24.1 Å². The number of aryl methyl sites for hydroxylation is 2. The number of piperidine rings is 1. The van der Waals surface area contributed by atoms with Crippen LogP contribution >= 0.6 is 0 Å². The minimum Gasteiger partial charge on any atom is -0.493 e. The second-order valence-corrected chi connectivity index (χ2v) is 9.77. The van der Waals surface area contributed by atoms with Crippen molar-refractivity contribution < 1.29 is 14.3 Å². The van der Waals surface area contributed by atoms with Gasteiger partial charge in [-0.25, -0.2) is 4.98 Å². The van der Waals surface area contributed by atoms with Crippen molar-refractivity contribution in [2.24, 2.45) is 13.0 Å². The van der Waals surface area contributed by atoms with E-state index in [9.17, 15) is 9.59 Å². The molecule has 5 rings (SSSR count). The number of carbonyl (C=O) groups is 2. The van der Waals surface area contributed by atoms with E-state index >= 15 is 0 Å². The van der Waals surface area contributed by atoms with Gasteiger partial charge in [-0.1, -0.05) is 24.3 Å². The van der Waals surface area contributed by atoms with Crippen LogP contribution in [-0.4, -0.2) is 52.5 Å². The summed E-state index contributed by atoms with van der Waals surface area (Å²) in [6.45, 7) is 2.81. The number of likely N-dealkylation sites (tertiary alicyclic amines) is 1. The molecule has 0 spiro atoms. The third-order valence-electron chi connectivity index (χ3n) is 7.32. The average molecular weight is 475 g/mol. The summed E-state index contributed by atoms with van der Waals surface area (Å²) < 4.78 is 7.77. The van der Waals surface area contributed by atoms with Crippen LogP contribution in [0.3, 0.4) is 0 Å². The molecule has 7 heteroatoms. The van der Waals surface area contributed by atoms with Gasteiger partial charge in [-0.05, 0) is 60.9 Å². The lowest BCUT2D eigenvalue weighted by Crippen LogP contribution is -2.40. The molecule has 2 aliphatic heterocycles. The number of benzene rings is 2. The third kappa shape index (κ3) is 5.50. The molecule has 3 aromatic rings. The minimum absolute atomic E-state index is 0.0878. The van der Waals surface area contributed by atoms with Crippen LogP contribution in [-0.2, 0) is 35.9 Å². The van der Waals surface area contributed by atoms with Gasteiger partial charge in [-0.15, -0.1) is 0 Å². The predicted molar refractivity (Wildman–Crippen MR) is 135 cm³/mol. The normalized spacial score (nSPS) is 16.1. The van der Waals surface area contributed by atoms with Crippen LogP contribution in [0.5, 0.6) is 5.75 Å². The number of para-hydroxylation sites is 2. The van der Waals surface area contributed by atoms with E-state index in [2.05, 4.69) is 27.0 Å². The van der Waals surface area contributed by atoms with Gasteiger partial charge in [0.25, 0.3) is 0 Å². The largest absolute Gasteiger partial charge is 0.493 e. The molecule has 0 saturated carbocycles. The number of nitrogens with one attached hydrogen (secondary N) is 1. The van der Waals surface area contributed by atoms with Gasteiger partial charge in [0.15, 0.2) is 0 Å². The lowest BCUT2D eigenvalue weighted by atomic mass is 9.92. The van der Waals surface area contributed by atoms with Crippen LogP contribution in [0.4, 0.5) is 0 Å². The minimum atomic E-state index is 0.0878. The summed E-state index contributed by atoms with van der Waals surface area (Å²) in [5.41, 5.74) is 4.36. The number of aromatic nitrogens is 2. The molecule has 1 saturated heterocycles. The molecule has 1 aromatic heterocycles. The lowest BCUT2D eigenvalue weighted by Gasteiger charge is -2.32. The molecule has 7 nitrogen and oxygen atoms in total. The Morgan fingerprint density at radius 2 is 1.97 bits per heavy atom. The molecule has 2 aliphatic rings. The van der Waals surface area contributed by atoms with Gasteiger partial charge < -0.3 is 19.5 Å². The first kappa shape index (κ1) is 23.4. The van der Waals surface area contributed by atoms with Crippen LogP contribution in [0.1, 0.15) is 42.6 Å². The maximum absolute atomic E-state index is 12.8. The fourth-order valence-corrected chi connectivity index (χ4v) is 5.26. The van der Waals surface area contributed by atoms with Crippen molar-refractivity contribution in [2.45, 2.75) is 44.9 Å². The molecule has 0 atom stereocenters. The number of imidazole rings is 1. The first-order valence-electron chi connectivity index (χ1n) is 12.8. The summed E-state index contributed by atoms with van der Waals surface area (Å²) in [5.74, 6) is 2.53. The fourth-order valence-electron chi connectivity index (χ4n) is 5.26. The van der Waals surface area contributed by atoms with E-state index in [0.29, 0.717) is 31.7 Å². The molecule has 0 bridgehead atoms. The van der Waals surface area contributed by atoms with E-state index in [-0.39, 0.29) is 11.8 Å². The Bertz CT molecular complexity index is 1210. The molecule has 3 heterocycles. The summed E-state index contributed by atoms with van der Waals surface area (Å²) in [4.78, 5) is 32.0. The molecule has 35 heavy (non-hydrogen) atoms. The lowest BCUT2D eigenvalue weighted by molar-refractivity contribution is -0.132. The topological polar surface area (TPSA) is 76.5 Å². The highest BCUT2D eigenvalue weighted by Crippen LogP contribution is 2.26. The Kier molecular flexibility index (Phi) is 7.02. The third-order valence-corrected chi connectivity index (χ3v) is 7.32. The SMILES string of the molecule is Cn1c(CCNC(=O)CC2CCN(C(=O)Cc3ccc4c(c3)CCCO4)CC2)nc2ccccc21. The molecule has 0 radical (unpaired) electrons. The van der Waals surface area contributed by atoms with Gasteiger partial charge in [0, 0.05) is 39.5 Å². The number of hydrogen-bond acceptors (Lipinski definition) is 4. The second-order valence-electron chi connectivity index (χ2n) is 9.77. The fraction of sp³-hybridized carbons (Fsp3) is 0.464. The van der Waals surface area contributed by atoms with E-state index in [1.165, 1.54) is 5.56 Å². The van der Waals surface area contributed by atoms with Gasteiger partial charge in [-0.3, -0.25) is 9.59 Å². The molecule has 184 valence electrons. The van der Waals surface area contributed by atoms with Crippen molar-refractivity contribution in [3.05, 3.63) is 59.4 Å². The first-order chi connectivity index (χ1) is 17.1. The second kappa shape index (κ2) is 10.5. The molecular formula is C28H34N4O3. The van der Waals surface area contributed by atoms with Crippen molar-refractivity contribution in [1.82, 2.24) is 19.8 Å². The molecule has 0 unspecified atom stereocenters. The van der Waals surface area contributed by atoms with Crippen LogP contribution in [0, 0.1) is 5.92 Å². The summed E-state index contributed by atoms with van der Waals surface area (Å²) in [6.07, 6.45) is 5.47. The summed E-state index contributed by atoms with van der Waals surface area (Å²) >= 11 is 0. The number of fused-ring (bicyclic) bond motifs is 2. The number of ether oxygens (including phenoxy) is 1. The highest BCUT2D eigenvalue weighted by atomic mass is 16.5. The summed E-state index contributed by atoms with van der Waals surface area (Å²) in [5, 5.41) is 3.06. The van der Waals surface area contributed by atoms with Crippen LogP contribution in [0.15, 0.2) is 42.5 Å². The zero-order valence-electron chi connectivity index (χ0n) is 20.5. The maximum Gasteiger partial charge on any atom is 0.226 e. The number of nitrogens with zero attached hydrogens (tertiary/aromatic N) is 3. The Morgan fingerprint density at radius 1 is 1.14 bits per heavy atom. The Balaban J connectivity index is 1.04. The van der Waals surface area contributed by atoms with E-state index in [0.717, 1.165) is 73.6 Å². The van der Waals surface area contributed by atoms with Crippen molar-refractivity contribution in [3.8, 4) is 5.75 Å². The smallest absolute Gasteiger partial charge is 0.226 e. The van der Waals surface area contributed by atoms with Crippen LogP contribution in [0.25, 0.3) is 11.0 Å². The first-order valence-corrected chi connectivity index (χ1v) is 12.8. The van der Waals surface area contributed by atoms with Crippen LogP contribution in [0.2, 0.25) is 0 Å². The van der Waals surface area contributed by atoms with E-state index in [1.54, 1.807) is 0 Å². The van der Waals surface area contributed by atoms with Gasteiger partial charge in [0.2, 0.25) is 11.8 Å². The Morgan fingerprint density at radius 3 is 2.80 bits per heavy atom. The Labute approximate surface area is 206 Å². The zero-order valence-corrected chi connectivity index (χ0v) is 20.5. The molecule has 1 fully saturated rings. The van der Waals surface area contributed by atoms with Gasteiger partial charge in [0.1, 0.15) is 11.6 Å². The maximum atomic E-state index is 12.8. The van der Waals surface area contributed by atoms with Gasteiger partial charge >= 0.3 is 0 Å². The molecule has 2 aromatic carbocycles. The van der Waals surface area contributed by atoms with E-state index in [1.807, 2.05) is 42.3 Å².